The lowest BCUT2D eigenvalue weighted by Crippen LogP contribution is -2.50. The highest BCUT2D eigenvalue weighted by Crippen LogP contribution is 2.43. The van der Waals surface area contributed by atoms with Gasteiger partial charge >= 0.3 is 5.97 Å². The van der Waals surface area contributed by atoms with Crippen LogP contribution in [0.25, 0.3) is 0 Å². The van der Waals surface area contributed by atoms with Crippen LogP contribution in [-0.4, -0.2) is 50.8 Å². The van der Waals surface area contributed by atoms with Gasteiger partial charge in [0.15, 0.2) is 0 Å². The minimum absolute atomic E-state index is 0.0253. The van der Waals surface area contributed by atoms with Gasteiger partial charge in [-0.3, -0.25) is 4.79 Å². The summed E-state index contributed by atoms with van der Waals surface area (Å²) in [5.74, 6) is -0.0253. The third kappa shape index (κ3) is 2.63. The molecule has 98 valence electrons. The summed E-state index contributed by atoms with van der Waals surface area (Å²) in [6.07, 6.45) is 5.26. The predicted octanol–water partition coefficient (Wildman–Crippen LogP) is 1.44. The molecule has 0 spiro atoms. The van der Waals surface area contributed by atoms with Crippen LogP contribution in [0.1, 0.15) is 32.1 Å². The van der Waals surface area contributed by atoms with E-state index in [0.717, 1.165) is 51.9 Å². The molecule has 0 radical (unpaired) electrons. The fourth-order valence-electron chi connectivity index (χ4n) is 2.98. The van der Waals surface area contributed by atoms with E-state index in [9.17, 15) is 4.79 Å². The smallest absolute Gasteiger partial charge is 0.313 e. The molecule has 0 aromatic rings. The van der Waals surface area contributed by atoms with E-state index in [1.807, 2.05) is 0 Å². The molecule has 0 bridgehead atoms. The molecule has 4 nitrogen and oxygen atoms in total. The first-order valence-electron chi connectivity index (χ1n) is 6.54. The maximum Gasteiger partial charge on any atom is 0.313 e. The average Bonchev–Trinajstić information content (AvgIpc) is 2.33. The number of esters is 1. The SMILES string of the molecule is COC(=O)C1(CN(C)C2CCOCC2)CCC1. The van der Waals surface area contributed by atoms with Gasteiger partial charge in [0.25, 0.3) is 0 Å². The monoisotopic (exact) mass is 241 g/mol. The number of carbonyl (C=O) groups is 1. The van der Waals surface area contributed by atoms with Crippen LogP contribution >= 0.6 is 0 Å². The number of carbonyl (C=O) groups excluding carboxylic acids is 1. The quantitative estimate of drug-likeness (QED) is 0.698. The Hall–Kier alpha value is -0.610. The number of hydrogen-bond donors (Lipinski definition) is 0. The second kappa shape index (κ2) is 5.36. The number of nitrogens with zero attached hydrogens (tertiary/aromatic N) is 1. The Kier molecular flexibility index (Phi) is 4.05. The van der Waals surface area contributed by atoms with E-state index in [0.29, 0.717) is 6.04 Å². The zero-order valence-corrected chi connectivity index (χ0v) is 10.9. The van der Waals surface area contributed by atoms with Crippen LogP contribution in [0.4, 0.5) is 0 Å². The van der Waals surface area contributed by atoms with E-state index in [1.165, 1.54) is 7.11 Å². The van der Waals surface area contributed by atoms with Gasteiger partial charge in [-0.2, -0.15) is 0 Å². The Morgan fingerprint density at radius 1 is 1.41 bits per heavy atom. The van der Waals surface area contributed by atoms with Crippen LogP contribution in [0, 0.1) is 5.41 Å². The molecule has 17 heavy (non-hydrogen) atoms. The Balaban J connectivity index is 1.91. The van der Waals surface area contributed by atoms with Gasteiger partial charge in [-0.25, -0.2) is 0 Å². The maximum atomic E-state index is 11.9. The fourth-order valence-corrected chi connectivity index (χ4v) is 2.98. The Morgan fingerprint density at radius 2 is 2.06 bits per heavy atom. The largest absolute Gasteiger partial charge is 0.469 e. The number of hydrogen-bond acceptors (Lipinski definition) is 4. The Morgan fingerprint density at radius 3 is 2.53 bits per heavy atom. The van der Waals surface area contributed by atoms with Crippen molar-refractivity contribution in [2.75, 3.05) is 33.9 Å². The molecule has 1 aliphatic carbocycles. The average molecular weight is 241 g/mol. The summed E-state index contributed by atoms with van der Waals surface area (Å²) < 4.78 is 10.3. The molecule has 2 aliphatic rings. The van der Waals surface area contributed by atoms with Crippen molar-refractivity contribution in [3.05, 3.63) is 0 Å². The van der Waals surface area contributed by atoms with Crippen molar-refractivity contribution < 1.29 is 14.3 Å². The van der Waals surface area contributed by atoms with Crippen molar-refractivity contribution >= 4 is 5.97 Å². The normalized spacial score (nSPS) is 24.4. The molecule has 0 atom stereocenters. The van der Waals surface area contributed by atoms with Gasteiger partial charge in [0.05, 0.1) is 12.5 Å². The number of methoxy groups -OCH3 is 1. The molecular weight excluding hydrogens is 218 g/mol. The van der Waals surface area contributed by atoms with Gasteiger partial charge < -0.3 is 14.4 Å². The van der Waals surface area contributed by atoms with Crippen molar-refractivity contribution in [1.82, 2.24) is 4.90 Å². The van der Waals surface area contributed by atoms with Crippen molar-refractivity contribution in [3.8, 4) is 0 Å². The second-order valence-corrected chi connectivity index (χ2v) is 5.38. The van der Waals surface area contributed by atoms with E-state index < -0.39 is 0 Å². The zero-order chi connectivity index (χ0) is 12.3. The van der Waals surface area contributed by atoms with Gasteiger partial charge in [-0.15, -0.1) is 0 Å². The number of rotatable bonds is 4. The zero-order valence-electron chi connectivity index (χ0n) is 10.9. The number of ether oxygens (including phenoxy) is 2. The van der Waals surface area contributed by atoms with Gasteiger partial charge in [-0.05, 0) is 32.7 Å². The molecule has 2 rings (SSSR count). The highest BCUT2D eigenvalue weighted by Gasteiger charge is 2.46. The summed E-state index contributed by atoms with van der Waals surface area (Å²) in [5.41, 5.74) is -0.220. The topological polar surface area (TPSA) is 38.8 Å². The first-order valence-corrected chi connectivity index (χ1v) is 6.54. The van der Waals surface area contributed by atoms with Crippen LogP contribution in [0.3, 0.4) is 0 Å². The van der Waals surface area contributed by atoms with E-state index in [4.69, 9.17) is 9.47 Å². The second-order valence-electron chi connectivity index (χ2n) is 5.38. The minimum atomic E-state index is -0.220. The lowest BCUT2D eigenvalue weighted by Gasteiger charge is -2.44. The summed E-state index contributed by atoms with van der Waals surface area (Å²) in [6, 6.07) is 0.561. The molecule has 0 unspecified atom stereocenters. The molecular formula is C13H23NO3. The predicted molar refractivity (Wildman–Crippen MR) is 64.8 cm³/mol. The first-order chi connectivity index (χ1) is 8.18. The van der Waals surface area contributed by atoms with E-state index in [1.54, 1.807) is 0 Å². The van der Waals surface area contributed by atoms with E-state index >= 15 is 0 Å². The van der Waals surface area contributed by atoms with Crippen LogP contribution in [0.5, 0.6) is 0 Å². The van der Waals surface area contributed by atoms with Crippen molar-refractivity contribution in [2.45, 2.75) is 38.1 Å². The van der Waals surface area contributed by atoms with Gasteiger partial charge in [0.1, 0.15) is 0 Å². The first kappa shape index (κ1) is 12.8. The molecule has 1 heterocycles. The maximum absolute atomic E-state index is 11.9. The molecule has 4 heteroatoms. The highest BCUT2D eigenvalue weighted by atomic mass is 16.5. The van der Waals surface area contributed by atoms with Gasteiger partial charge in [-0.1, -0.05) is 6.42 Å². The van der Waals surface area contributed by atoms with Crippen LogP contribution in [-0.2, 0) is 14.3 Å². The molecule has 1 aliphatic heterocycles. The van der Waals surface area contributed by atoms with E-state index in [-0.39, 0.29) is 11.4 Å². The standard InChI is InChI=1S/C13H23NO3/c1-14(11-4-8-17-9-5-11)10-13(6-3-7-13)12(15)16-2/h11H,3-10H2,1-2H3. The summed E-state index contributed by atoms with van der Waals surface area (Å²) in [6.45, 7) is 2.53. The Bertz CT molecular complexity index is 270. The summed E-state index contributed by atoms with van der Waals surface area (Å²) in [7, 11) is 3.62. The third-order valence-electron chi connectivity index (χ3n) is 4.30. The third-order valence-corrected chi connectivity index (χ3v) is 4.30. The molecule has 2 fully saturated rings. The summed E-state index contributed by atoms with van der Waals surface area (Å²) in [4.78, 5) is 14.2. The molecule has 0 aromatic heterocycles. The van der Waals surface area contributed by atoms with Crippen molar-refractivity contribution in [2.24, 2.45) is 5.41 Å². The van der Waals surface area contributed by atoms with Crippen LogP contribution in [0.2, 0.25) is 0 Å². The van der Waals surface area contributed by atoms with E-state index in [2.05, 4.69) is 11.9 Å². The van der Waals surface area contributed by atoms with Crippen molar-refractivity contribution in [3.63, 3.8) is 0 Å². The molecule has 0 aromatic carbocycles. The Labute approximate surface area is 103 Å². The lowest BCUT2D eigenvalue weighted by molar-refractivity contribution is -0.160. The molecule has 0 amide bonds. The lowest BCUT2D eigenvalue weighted by atomic mass is 9.68. The molecule has 0 N–H and O–H groups in total. The molecule has 1 saturated carbocycles. The summed E-state index contributed by atoms with van der Waals surface area (Å²) >= 11 is 0. The van der Waals surface area contributed by atoms with Crippen LogP contribution < -0.4 is 0 Å². The van der Waals surface area contributed by atoms with Crippen molar-refractivity contribution in [1.29, 1.82) is 0 Å². The fraction of sp³-hybridized carbons (Fsp3) is 0.923. The van der Waals surface area contributed by atoms with Crippen LogP contribution in [0.15, 0.2) is 0 Å². The minimum Gasteiger partial charge on any atom is -0.469 e. The van der Waals surface area contributed by atoms with Gasteiger partial charge in [0.2, 0.25) is 0 Å². The molecule has 1 saturated heterocycles. The summed E-state index contributed by atoms with van der Waals surface area (Å²) in [5, 5.41) is 0. The highest BCUT2D eigenvalue weighted by molar-refractivity contribution is 5.78. The van der Waals surface area contributed by atoms with Gasteiger partial charge in [0, 0.05) is 25.8 Å².